The largest absolute Gasteiger partial charge is 0.494 e. The molecule has 31 heavy (non-hydrogen) atoms. The zero-order valence-corrected chi connectivity index (χ0v) is 18.8. The van der Waals surface area contributed by atoms with E-state index in [4.69, 9.17) is 9.72 Å². The fraction of sp³-hybridized carbons (Fsp3) is 0.240. The van der Waals surface area contributed by atoms with Crippen molar-refractivity contribution >= 4 is 32.6 Å². The second-order valence-electron chi connectivity index (χ2n) is 7.46. The van der Waals surface area contributed by atoms with E-state index in [2.05, 4.69) is 31.0 Å². The topological polar surface area (TPSA) is 55.3 Å². The van der Waals surface area contributed by atoms with Crippen molar-refractivity contribution in [3.8, 4) is 5.75 Å². The fourth-order valence-corrected chi connectivity index (χ4v) is 4.37. The number of ether oxygens (including phenoxy) is 1. The molecule has 2 aromatic heterocycles. The molecule has 0 N–H and O–H groups in total. The molecule has 0 saturated heterocycles. The van der Waals surface area contributed by atoms with Gasteiger partial charge in [0.25, 0.3) is 0 Å². The maximum atomic E-state index is 13.4. The van der Waals surface area contributed by atoms with Crippen LogP contribution in [0, 0.1) is 13.8 Å². The first-order valence-electron chi connectivity index (χ1n) is 10.3. The molecule has 0 atom stereocenters. The quantitative estimate of drug-likeness (QED) is 0.389. The van der Waals surface area contributed by atoms with Crippen LogP contribution >= 0.6 is 11.3 Å². The Morgan fingerprint density at radius 3 is 2.68 bits per heavy atom. The Labute approximate surface area is 186 Å². The molecule has 0 aliphatic carbocycles. The van der Waals surface area contributed by atoms with Crippen molar-refractivity contribution in [1.29, 1.82) is 0 Å². The van der Waals surface area contributed by atoms with Gasteiger partial charge in [0, 0.05) is 6.20 Å². The van der Waals surface area contributed by atoms with Gasteiger partial charge in [-0.25, -0.2) is 4.98 Å². The molecule has 2 aromatic carbocycles. The third kappa shape index (κ3) is 4.91. The van der Waals surface area contributed by atoms with E-state index in [9.17, 15) is 4.79 Å². The van der Waals surface area contributed by atoms with Gasteiger partial charge >= 0.3 is 0 Å². The van der Waals surface area contributed by atoms with Crippen molar-refractivity contribution in [2.75, 3.05) is 11.5 Å². The number of aryl methyl sites for hydroxylation is 2. The summed E-state index contributed by atoms with van der Waals surface area (Å²) in [6.07, 6.45) is 2.06. The fourth-order valence-electron chi connectivity index (χ4n) is 3.36. The number of fused-ring (bicyclic) bond motifs is 1. The van der Waals surface area contributed by atoms with Crippen molar-refractivity contribution in [2.24, 2.45) is 0 Å². The highest BCUT2D eigenvalue weighted by Gasteiger charge is 2.21. The van der Waals surface area contributed by atoms with Crippen LogP contribution in [0.25, 0.3) is 10.2 Å². The first-order chi connectivity index (χ1) is 15.0. The molecule has 0 bridgehead atoms. The van der Waals surface area contributed by atoms with Crippen LogP contribution in [0.1, 0.15) is 29.3 Å². The maximum absolute atomic E-state index is 13.4. The number of rotatable bonds is 7. The summed E-state index contributed by atoms with van der Waals surface area (Å²) in [6, 6.07) is 17.7. The predicted octanol–water partition coefficient (Wildman–Crippen LogP) is 5.48. The van der Waals surface area contributed by atoms with E-state index in [1.807, 2.05) is 49.4 Å². The Kier molecular flexibility index (Phi) is 6.28. The average molecular weight is 432 g/mol. The predicted molar refractivity (Wildman–Crippen MR) is 126 cm³/mol. The van der Waals surface area contributed by atoms with E-state index in [-0.39, 0.29) is 5.91 Å². The SMILES string of the molecule is CCOc1ccc2nc(N(Cc3ccccn3)C(=O)Cc3ccc(C)c(C)c3)sc2c1. The summed E-state index contributed by atoms with van der Waals surface area (Å²) >= 11 is 1.50. The zero-order chi connectivity index (χ0) is 21.8. The molecule has 0 unspecified atom stereocenters. The number of pyridine rings is 1. The Balaban J connectivity index is 1.67. The lowest BCUT2D eigenvalue weighted by molar-refractivity contribution is -0.118. The Hall–Kier alpha value is -3.25. The third-order valence-electron chi connectivity index (χ3n) is 5.16. The lowest BCUT2D eigenvalue weighted by Crippen LogP contribution is -2.32. The van der Waals surface area contributed by atoms with Crippen LogP contribution < -0.4 is 9.64 Å². The molecule has 5 nitrogen and oxygen atoms in total. The summed E-state index contributed by atoms with van der Waals surface area (Å²) in [7, 11) is 0. The van der Waals surface area contributed by atoms with Gasteiger partial charge in [-0.05, 0) is 67.8 Å². The van der Waals surface area contributed by atoms with Crippen LogP contribution in [-0.4, -0.2) is 22.5 Å². The van der Waals surface area contributed by atoms with Crippen LogP contribution in [0.15, 0.2) is 60.8 Å². The van der Waals surface area contributed by atoms with Gasteiger partial charge in [-0.3, -0.25) is 14.7 Å². The monoisotopic (exact) mass is 431 g/mol. The molecule has 0 aliphatic heterocycles. The number of hydrogen-bond donors (Lipinski definition) is 0. The smallest absolute Gasteiger partial charge is 0.233 e. The molecule has 1 amide bonds. The van der Waals surface area contributed by atoms with Gasteiger partial charge in [-0.2, -0.15) is 0 Å². The number of hydrogen-bond acceptors (Lipinski definition) is 5. The van der Waals surface area contributed by atoms with E-state index in [0.29, 0.717) is 24.7 Å². The standard InChI is InChI=1S/C25H25N3O2S/c1-4-30-21-10-11-22-23(15-21)31-25(27-22)28(16-20-7-5-6-12-26-20)24(29)14-19-9-8-17(2)18(3)13-19/h5-13,15H,4,14,16H2,1-3H3. The number of nitrogens with zero attached hydrogens (tertiary/aromatic N) is 3. The average Bonchev–Trinajstić information content (AvgIpc) is 3.18. The highest BCUT2D eigenvalue weighted by molar-refractivity contribution is 7.22. The van der Waals surface area contributed by atoms with Gasteiger partial charge in [0.2, 0.25) is 5.91 Å². The molecule has 0 aliphatic rings. The summed E-state index contributed by atoms with van der Waals surface area (Å²) in [6.45, 7) is 7.09. The van der Waals surface area contributed by atoms with Crippen molar-refractivity contribution in [1.82, 2.24) is 9.97 Å². The highest BCUT2D eigenvalue weighted by Crippen LogP contribution is 2.32. The summed E-state index contributed by atoms with van der Waals surface area (Å²) < 4.78 is 6.61. The Morgan fingerprint density at radius 2 is 1.94 bits per heavy atom. The van der Waals surface area contributed by atoms with Crippen molar-refractivity contribution in [3.63, 3.8) is 0 Å². The van der Waals surface area contributed by atoms with E-state index in [1.54, 1.807) is 11.1 Å². The maximum Gasteiger partial charge on any atom is 0.233 e. The van der Waals surface area contributed by atoms with Crippen molar-refractivity contribution in [2.45, 2.75) is 33.7 Å². The Morgan fingerprint density at radius 1 is 1.06 bits per heavy atom. The first kappa shape index (κ1) is 21.0. The lowest BCUT2D eigenvalue weighted by Gasteiger charge is -2.20. The van der Waals surface area contributed by atoms with E-state index < -0.39 is 0 Å². The molecule has 0 spiro atoms. The van der Waals surface area contributed by atoms with Crippen molar-refractivity contribution < 1.29 is 9.53 Å². The molecule has 0 saturated carbocycles. The molecule has 4 rings (SSSR count). The first-order valence-corrected chi connectivity index (χ1v) is 11.1. The van der Waals surface area contributed by atoms with Crippen LogP contribution in [-0.2, 0) is 17.8 Å². The second kappa shape index (κ2) is 9.27. The van der Waals surface area contributed by atoms with Gasteiger partial charge in [-0.15, -0.1) is 0 Å². The number of carbonyl (C=O) groups is 1. The minimum Gasteiger partial charge on any atom is -0.494 e. The van der Waals surface area contributed by atoms with Gasteiger partial charge in [0.05, 0.1) is 35.5 Å². The molecule has 4 aromatic rings. The molecule has 0 fully saturated rings. The van der Waals surface area contributed by atoms with Crippen LogP contribution in [0.3, 0.4) is 0 Å². The summed E-state index contributed by atoms with van der Waals surface area (Å²) in [4.78, 5) is 24.3. The van der Waals surface area contributed by atoms with E-state index in [1.165, 1.54) is 22.5 Å². The summed E-state index contributed by atoms with van der Waals surface area (Å²) in [5.74, 6) is 0.806. The molecular formula is C25H25N3O2S. The van der Waals surface area contributed by atoms with Crippen LogP contribution in [0.5, 0.6) is 5.75 Å². The minimum absolute atomic E-state index is 0.00186. The summed E-state index contributed by atoms with van der Waals surface area (Å²) in [5, 5.41) is 0.670. The lowest BCUT2D eigenvalue weighted by atomic mass is 10.0. The molecular weight excluding hydrogens is 406 g/mol. The van der Waals surface area contributed by atoms with Gasteiger partial charge in [0.15, 0.2) is 5.13 Å². The van der Waals surface area contributed by atoms with Gasteiger partial charge in [0.1, 0.15) is 5.75 Å². The zero-order valence-electron chi connectivity index (χ0n) is 18.0. The molecule has 6 heteroatoms. The number of amides is 1. The number of carbonyl (C=O) groups excluding carboxylic acids is 1. The van der Waals surface area contributed by atoms with E-state index in [0.717, 1.165) is 27.2 Å². The third-order valence-corrected chi connectivity index (χ3v) is 6.21. The van der Waals surface area contributed by atoms with Gasteiger partial charge in [-0.1, -0.05) is 35.6 Å². The van der Waals surface area contributed by atoms with Gasteiger partial charge < -0.3 is 4.74 Å². The number of aromatic nitrogens is 2. The molecule has 2 heterocycles. The minimum atomic E-state index is -0.00186. The number of benzene rings is 2. The van der Waals surface area contributed by atoms with Crippen LogP contribution in [0.4, 0.5) is 5.13 Å². The molecule has 0 radical (unpaired) electrons. The van der Waals surface area contributed by atoms with E-state index >= 15 is 0 Å². The highest BCUT2D eigenvalue weighted by atomic mass is 32.1. The second-order valence-corrected chi connectivity index (χ2v) is 8.46. The number of anilines is 1. The molecule has 158 valence electrons. The Bertz CT molecular complexity index is 1200. The normalized spacial score (nSPS) is 10.9. The van der Waals surface area contributed by atoms with Crippen molar-refractivity contribution in [3.05, 3.63) is 83.2 Å². The van der Waals surface area contributed by atoms with Crippen LogP contribution in [0.2, 0.25) is 0 Å². The summed E-state index contributed by atoms with van der Waals surface area (Å²) in [5.41, 5.74) is 5.08. The number of thiazole rings is 1.